The molecule has 1 aromatic rings. The van der Waals surface area contributed by atoms with Crippen LogP contribution in [0, 0.1) is 0 Å². The highest BCUT2D eigenvalue weighted by atomic mass is 16.5. The summed E-state index contributed by atoms with van der Waals surface area (Å²) in [5.41, 5.74) is 0. The van der Waals surface area contributed by atoms with E-state index in [4.69, 9.17) is 9.47 Å². The largest absolute Gasteiger partial charge is 0.481 e. The van der Waals surface area contributed by atoms with Gasteiger partial charge in [0.1, 0.15) is 0 Å². The van der Waals surface area contributed by atoms with Crippen molar-refractivity contribution in [3.8, 4) is 11.8 Å². The van der Waals surface area contributed by atoms with Crippen LogP contribution in [0.25, 0.3) is 0 Å². The highest BCUT2D eigenvalue weighted by Crippen LogP contribution is 2.26. The van der Waals surface area contributed by atoms with Gasteiger partial charge in [-0.15, -0.1) is 0 Å². The molecule has 0 unspecified atom stereocenters. The molecule has 1 N–H and O–H groups in total. The maximum absolute atomic E-state index is 5.11. The Kier molecular flexibility index (Phi) is 4.79. The predicted molar refractivity (Wildman–Crippen MR) is 73.9 cm³/mol. The minimum absolute atomic E-state index is 0.504. The fraction of sp³-hybridized carbons (Fsp3) is 0.692. The van der Waals surface area contributed by atoms with Gasteiger partial charge in [-0.3, -0.25) is 4.90 Å². The molecule has 106 valence electrons. The van der Waals surface area contributed by atoms with Gasteiger partial charge in [-0.1, -0.05) is 6.92 Å². The van der Waals surface area contributed by atoms with Crippen LogP contribution >= 0.6 is 0 Å². The van der Waals surface area contributed by atoms with Crippen molar-refractivity contribution in [2.24, 2.45) is 0 Å². The SMILES string of the molecule is CCN(CCNc1nc(OC)cc(OC)n1)C1CC1. The van der Waals surface area contributed by atoms with Crippen LogP contribution in [0.5, 0.6) is 11.8 Å². The average Bonchev–Trinajstić information content (AvgIpc) is 3.27. The molecule has 0 saturated heterocycles. The monoisotopic (exact) mass is 266 g/mol. The first-order valence-electron chi connectivity index (χ1n) is 6.71. The summed E-state index contributed by atoms with van der Waals surface area (Å²) in [6.45, 7) is 5.11. The zero-order valence-corrected chi connectivity index (χ0v) is 11.8. The molecule has 0 aromatic carbocycles. The molecule has 1 heterocycles. The fourth-order valence-corrected chi connectivity index (χ4v) is 2.04. The van der Waals surface area contributed by atoms with Gasteiger partial charge in [0.15, 0.2) is 0 Å². The summed E-state index contributed by atoms with van der Waals surface area (Å²) in [5, 5.41) is 3.22. The maximum atomic E-state index is 5.11. The molecule has 2 rings (SSSR count). The Bertz CT molecular complexity index is 387. The summed E-state index contributed by atoms with van der Waals surface area (Å²) < 4.78 is 10.2. The summed E-state index contributed by atoms with van der Waals surface area (Å²) in [6, 6.07) is 2.45. The van der Waals surface area contributed by atoms with Crippen molar-refractivity contribution >= 4 is 5.95 Å². The minimum atomic E-state index is 0.504. The van der Waals surface area contributed by atoms with Gasteiger partial charge < -0.3 is 14.8 Å². The van der Waals surface area contributed by atoms with Crippen molar-refractivity contribution in [1.29, 1.82) is 0 Å². The number of aromatic nitrogens is 2. The minimum Gasteiger partial charge on any atom is -0.481 e. The lowest BCUT2D eigenvalue weighted by molar-refractivity contribution is 0.288. The van der Waals surface area contributed by atoms with Crippen molar-refractivity contribution in [3.63, 3.8) is 0 Å². The van der Waals surface area contributed by atoms with Crippen LogP contribution in [-0.4, -0.2) is 54.8 Å². The molecule has 1 aliphatic rings. The lowest BCUT2D eigenvalue weighted by Gasteiger charge is -2.19. The maximum Gasteiger partial charge on any atom is 0.229 e. The van der Waals surface area contributed by atoms with E-state index in [2.05, 4.69) is 27.1 Å². The highest BCUT2D eigenvalue weighted by Gasteiger charge is 2.27. The third-order valence-electron chi connectivity index (χ3n) is 3.25. The average molecular weight is 266 g/mol. The summed E-state index contributed by atoms with van der Waals surface area (Å²) in [5.74, 6) is 1.55. The normalized spacial score (nSPS) is 14.5. The second kappa shape index (κ2) is 6.56. The number of methoxy groups -OCH3 is 2. The number of anilines is 1. The molecule has 1 aliphatic carbocycles. The second-order valence-corrected chi connectivity index (χ2v) is 4.56. The lowest BCUT2D eigenvalue weighted by atomic mass is 10.4. The molecule has 1 fully saturated rings. The Balaban J connectivity index is 1.87. The van der Waals surface area contributed by atoms with Gasteiger partial charge in [0.05, 0.1) is 20.3 Å². The third kappa shape index (κ3) is 3.96. The van der Waals surface area contributed by atoms with Gasteiger partial charge in [-0.05, 0) is 19.4 Å². The summed E-state index contributed by atoms with van der Waals surface area (Å²) in [4.78, 5) is 11.0. The molecule has 0 radical (unpaired) electrons. The van der Waals surface area contributed by atoms with Crippen molar-refractivity contribution in [3.05, 3.63) is 6.07 Å². The number of rotatable bonds is 8. The third-order valence-corrected chi connectivity index (χ3v) is 3.25. The first kappa shape index (κ1) is 13.9. The van der Waals surface area contributed by atoms with Crippen LogP contribution in [0.15, 0.2) is 6.07 Å². The van der Waals surface area contributed by atoms with Gasteiger partial charge in [0, 0.05) is 19.1 Å². The molecule has 1 aromatic heterocycles. The fourth-order valence-electron chi connectivity index (χ4n) is 2.04. The molecular weight excluding hydrogens is 244 g/mol. The predicted octanol–water partition coefficient (Wildman–Crippen LogP) is 1.39. The highest BCUT2D eigenvalue weighted by molar-refractivity contribution is 5.33. The Morgan fingerprint density at radius 2 is 1.89 bits per heavy atom. The van der Waals surface area contributed by atoms with E-state index < -0.39 is 0 Å². The Hall–Kier alpha value is -1.56. The summed E-state index contributed by atoms with van der Waals surface area (Å²) in [6.07, 6.45) is 2.66. The molecule has 19 heavy (non-hydrogen) atoms. The van der Waals surface area contributed by atoms with Crippen LogP contribution in [0.4, 0.5) is 5.95 Å². The number of nitrogens with zero attached hydrogens (tertiary/aromatic N) is 3. The molecule has 0 amide bonds. The van der Waals surface area contributed by atoms with E-state index in [0.717, 1.165) is 25.7 Å². The Morgan fingerprint density at radius 1 is 1.26 bits per heavy atom. The number of ether oxygens (including phenoxy) is 2. The molecule has 6 nitrogen and oxygen atoms in total. The van der Waals surface area contributed by atoms with Gasteiger partial charge in [0.25, 0.3) is 0 Å². The zero-order valence-electron chi connectivity index (χ0n) is 11.8. The topological polar surface area (TPSA) is 59.5 Å². The quantitative estimate of drug-likeness (QED) is 0.767. The Morgan fingerprint density at radius 3 is 2.37 bits per heavy atom. The van der Waals surface area contributed by atoms with Gasteiger partial charge in [-0.2, -0.15) is 9.97 Å². The van der Waals surface area contributed by atoms with Crippen LogP contribution in [0.2, 0.25) is 0 Å². The van der Waals surface area contributed by atoms with Crippen molar-refractivity contribution in [1.82, 2.24) is 14.9 Å². The van der Waals surface area contributed by atoms with E-state index in [-0.39, 0.29) is 0 Å². The molecular formula is C13H22N4O2. The van der Waals surface area contributed by atoms with Gasteiger partial charge in [0.2, 0.25) is 17.7 Å². The van der Waals surface area contributed by atoms with Crippen molar-refractivity contribution < 1.29 is 9.47 Å². The van der Waals surface area contributed by atoms with Gasteiger partial charge in [-0.25, -0.2) is 0 Å². The number of likely N-dealkylation sites (N-methyl/N-ethyl adjacent to an activating group) is 1. The standard InChI is InChI=1S/C13H22N4O2/c1-4-17(10-5-6-10)8-7-14-13-15-11(18-2)9-12(16-13)19-3/h9-10H,4-8H2,1-3H3,(H,14,15,16). The van der Waals surface area contributed by atoms with Gasteiger partial charge >= 0.3 is 0 Å². The van der Waals surface area contributed by atoms with Crippen LogP contribution < -0.4 is 14.8 Å². The van der Waals surface area contributed by atoms with E-state index in [1.165, 1.54) is 12.8 Å². The molecule has 1 saturated carbocycles. The van der Waals surface area contributed by atoms with E-state index in [1.807, 2.05) is 0 Å². The zero-order chi connectivity index (χ0) is 13.7. The lowest BCUT2D eigenvalue weighted by Crippen LogP contribution is -2.31. The number of hydrogen-bond acceptors (Lipinski definition) is 6. The molecule has 0 atom stereocenters. The number of nitrogens with one attached hydrogen (secondary N) is 1. The van der Waals surface area contributed by atoms with Crippen LogP contribution in [-0.2, 0) is 0 Å². The molecule has 0 bridgehead atoms. The summed E-state index contributed by atoms with van der Waals surface area (Å²) in [7, 11) is 3.16. The molecule has 6 heteroatoms. The molecule has 0 spiro atoms. The smallest absolute Gasteiger partial charge is 0.229 e. The summed E-state index contributed by atoms with van der Waals surface area (Å²) >= 11 is 0. The van der Waals surface area contributed by atoms with E-state index in [0.29, 0.717) is 17.7 Å². The van der Waals surface area contributed by atoms with E-state index in [9.17, 15) is 0 Å². The number of hydrogen-bond donors (Lipinski definition) is 1. The van der Waals surface area contributed by atoms with E-state index in [1.54, 1.807) is 20.3 Å². The first-order valence-corrected chi connectivity index (χ1v) is 6.71. The Labute approximate surface area is 114 Å². The van der Waals surface area contributed by atoms with Crippen LogP contribution in [0.1, 0.15) is 19.8 Å². The first-order chi connectivity index (χ1) is 9.26. The molecule has 0 aliphatic heterocycles. The van der Waals surface area contributed by atoms with Crippen molar-refractivity contribution in [2.75, 3.05) is 39.2 Å². The van der Waals surface area contributed by atoms with E-state index >= 15 is 0 Å². The second-order valence-electron chi connectivity index (χ2n) is 4.56. The van der Waals surface area contributed by atoms with Crippen LogP contribution in [0.3, 0.4) is 0 Å². The van der Waals surface area contributed by atoms with Crippen molar-refractivity contribution in [2.45, 2.75) is 25.8 Å².